The lowest BCUT2D eigenvalue weighted by Gasteiger charge is -2.37. The zero-order valence-corrected chi connectivity index (χ0v) is 25.6. The molecular weight excluding hydrogens is 536 g/mol. The van der Waals surface area contributed by atoms with Crippen LogP contribution in [0.2, 0.25) is 0 Å². The fraction of sp³-hybridized carbons (Fsp3) is 0.297. The molecule has 224 valence electrons. The van der Waals surface area contributed by atoms with Gasteiger partial charge in [-0.1, -0.05) is 100 Å². The van der Waals surface area contributed by atoms with Crippen LogP contribution < -0.4 is 9.80 Å². The van der Waals surface area contributed by atoms with Gasteiger partial charge in [0.2, 0.25) is 0 Å². The van der Waals surface area contributed by atoms with Crippen molar-refractivity contribution in [2.24, 2.45) is 17.3 Å². The SMILES string of the molecule is CC(C)CC(COC(=O)N(c1ccccc1)c1ccccc1)(COC(=O)N(c1ccccc1)c1ccccc1)CC(C)C. The molecule has 6 nitrogen and oxygen atoms in total. The second-order valence-corrected chi connectivity index (χ2v) is 11.8. The van der Waals surface area contributed by atoms with Crippen molar-refractivity contribution in [2.45, 2.75) is 40.5 Å². The summed E-state index contributed by atoms with van der Waals surface area (Å²) in [5.41, 5.74) is 2.27. The van der Waals surface area contributed by atoms with E-state index >= 15 is 0 Å². The zero-order valence-electron chi connectivity index (χ0n) is 25.6. The number of carbonyl (C=O) groups is 2. The van der Waals surface area contributed by atoms with Gasteiger partial charge < -0.3 is 9.47 Å². The van der Waals surface area contributed by atoms with Crippen molar-refractivity contribution in [3.05, 3.63) is 121 Å². The molecule has 0 fully saturated rings. The molecule has 0 saturated heterocycles. The monoisotopic (exact) mass is 578 g/mol. The molecule has 0 aliphatic rings. The highest BCUT2D eigenvalue weighted by molar-refractivity contribution is 5.96. The number of anilines is 4. The largest absolute Gasteiger partial charge is 0.448 e. The van der Waals surface area contributed by atoms with Gasteiger partial charge in [0.15, 0.2) is 0 Å². The first-order chi connectivity index (χ1) is 20.8. The van der Waals surface area contributed by atoms with Crippen LogP contribution >= 0.6 is 0 Å². The van der Waals surface area contributed by atoms with Gasteiger partial charge in [0, 0.05) is 5.41 Å². The number of para-hydroxylation sites is 4. The summed E-state index contributed by atoms with van der Waals surface area (Å²) in [4.78, 5) is 30.7. The van der Waals surface area contributed by atoms with Crippen molar-refractivity contribution in [1.29, 1.82) is 0 Å². The molecule has 0 heterocycles. The van der Waals surface area contributed by atoms with Crippen molar-refractivity contribution >= 4 is 34.9 Å². The van der Waals surface area contributed by atoms with Crippen LogP contribution in [0.5, 0.6) is 0 Å². The molecule has 0 spiro atoms. The summed E-state index contributed by atoms with van der Waals surface area (Å²) in [6, 6.07) is 37.9. The van der Waals surface area contributed by atoms with Crippen LogP contribution in [0.15, 0.2) is 121 Å². The number of hydrogen-bond acceptors (Lipinski definition) is 4. The van der Waals surface area contributed by atoms with E-state index in [1.54, 1.807) is 9.80 Å². The topological polar surface area (TPSA) is 59.1 Å². The maximum atomic E-state index is 13.8. The van der Waals surface area contributed by atoms with Gasteiger partial charge >= 0.3 is 12.2 Å². The highest BCUT2D eigenvalue weighted by Crippen LogP contribution is 2.37. The van der Waals surface area contributed by atoms with Gasteiger partial charge in [0.1, 0.15) is 13.2 Å². The number of benzene rings is 4. The van der Waals surface area contributed by atoms with Gasteiger partial charge in [-0.25, -0.2) is 19.4 Å². The molecule has 0 bridgehead atoms. The standard InChI is InChI=1S/C37H42N2O4/c1-29(2)25-37(26-30(3)4,27-42-35(40)38(31-17-9-5-10-18-31)32-19-11-6-12-20-32)28-43-36(41)39(33-21-13-7-14-22-33)34-23-15-8-16-24-34/h5-24,29-30H,25-28H2,1-4H3. The highest BCUT2D eigenvalue weighted by atomic mass is 16.6. The smallest absolute Gasteiger partial charge is 0.418 e. The van der Waals surface area contributed by atoms with E-state index in [0.717, 1.165) is 12.8 Å². The lowest BCUT2D eigenvalue weighted by atomic mass is 9.75. The van der Waals surface area contributed by atoms with E-state index in [4.69, 9.17) is 9.47 Å². The Balaban J connectivity index is 1.59. The summed E-state index contributed by atoms with van der Waals surface area (Å²) in [7, 11) is 0. The minimum absolute atomic E-state index is 0.113. The first kappa shape index (κ1) is 31.4. The Hall–Kier alpha value is -4.58. The molecular formula is C37H42N2O4. The van der Waals surface area contributed by atoms with Crippen molar-refractivity contribution in [1.82, 2.24) is 0 Å². The third-order valence-corrected chi connectivity index (χ3v) is 7.11. The number of carbonyl (C=O) groups excluding carboxylic acids is 2. The molecule has 4 rings (SSSR count). The number of ether oxygens (including phenoxy) is 2. The second-order valence-electron chi connectivity index (χ2n) is 11.8. The molecule has 0 unspecified atom stereocenters. The average molecular weight is 579 g/mol. The Labute approximate surface area is 255 Å². The molecule has 43 heavy (non-hydrogen) atoms. The van der Waals surface area contributed by atoms with Gasteiger partial charge in [0.05, 0.1) is 22.7 Å². The molecule has 0 aliphatic carbocycles. The van der Waals surface area contributed by atoms with E-state index in [1.807, 2.05) is 121 Å². The molecule has 0 saturated carbocycles. The fourth-order valence-electron chi connectivity index (χ4n) is 5.68. The number of nitrogens with zero attached hydrogens (tertiary/aromatic N) is 2. The van der Waals surface area contributed by atoms with Crippen LogP contribution in [-0.2, 0) is 9.47 Å². The lowest BCUT2D eigenvalue weighted by molar-refractivity contribution is 0.00445. The Kier molecular flexibility index (Phi) is 11.0. The summed E-state index contributed by atoms with van der Waals surface area (Å²) < 4.78 is 12.2. The normalized spacial score (nSPS) is 11.3. The van der Waals surface area contributed by atoms with Crippen LogP contribution in [0, 0.1) is 17.3 Å². The molecule has 4 aromatic carbocycles. The fourth-order valence-corrected chi connectivity index (χ4v) is 5.68. The summed E-state index contributed by atoms with van der Waals surface area (Å²) >= 11 is 0. The minimum Gasteiger partial charge on any atom is -0.448 e. The Morgan fingerprint density at radius 3 is 1.00 bits per heavy atom. The first-order valence-corrected chi connectivity index (χ1v) is 14.9. The summed E-state index contributed by atoms with van der Waals surface area (Å²) in [6.07, 6.45) is 0.490. The van der Waals surface area contributed by atoms with Crippen LogP contribution in [0.1, 0.15) is 40.5 Å². The van der Waals surface area contributed by atoms with Crippen molar-refractivity contribution in [3.8, 4) is 0 Å². The number of hydrogen-bond donors (Lipinski definition) is 0. The quantitative estimate of drug-likeness (QED) is 0.168. The molecule has 0 radical (unpaired) electrons. The van der Waals surface area contributed by atoms with Gasteiger partial charge in [0.25, 0.3) is 0 Å². The number of rotatable bonds is 12. The van der Waals surface area contributed by atoms with E-state index in [9.17, 15) is 9.59 Å². The average Bonchev–Trinajstić information content (AvgIpc) is 3.01. The van der Waals surface area contributed by atoms with Crippen LogP contribution in [0.25, 0.3) is 0 Å². The van der Waals surface area contributed by atoms with Crippen LogP contribution in [0.4, 0.5) is 32.3 Å². The van der Waals surface area contributed by atoms with Gasteiger partial charge in [-0.15, -0.1) is 0 Å². The summed E-state index contributed by atoms with van der Waals surface area (Å²) in [5, 5.41) is 0. The van der Waals surface area contributed by atoms with Crippen molar-refractivity contribution in [3.63, 3.8) is 0 Å². The van der Waals surface area contributed by atoms with Crippen molar-refractivity contribution in [2.75, 3.05) is 23.0 Å². The van der Waals surface area contributed by atoms with E-state index in [0.29, 0.717) is 22.7 Å². The van der Waals surface area contributed by atoms with Crippen molar-refractivity contribution < 1.29 is 19.1 Å². The lowest BCUT2D eigenvalue weighted by Crippen LogP contribution is -2.40. The maximum absolute atomic E-state index is 13.8. The molecule has 2 amide bonds. The number of amides is 2. The van der Waals surface area contributed by atoms with E-state index < -0.39 is 17.6 Å². The first-order valence-electron chi connectivity index (χ1n) is 14.9. The Bertz CT molecular complexity index is 1220. The zero-order chi connectivity index (χ0) is 30.7. The molecule has 6 heteroatoms. The molecule has 0 aromatic heterocycles. The Morgan fingerprint density at radius 1 is 0.512 bits per heavy atom. The van der Waals surface area contributed by atoms with Crippen LogP contribution in [0.3, 0.4) is 0 Å². The van der Waals surface area contributed by atoms with Gasteiger partial charge in [-0.3, -0.25) is 0 Å². The van der Waals surface area contributed by atoms with E-state index in [-0.39, 0.29) is 25.0 Å². The minimum atomic E-state index is -0.578. The predicted octanol–water partition coefficient (Wildman–Crippen LogP) is 10.0. The van der Waals surface area contributed by atoms with Crippen LogP contribution in [-0.4, -0.2) is 25.4 Å². The third-order valence-electron chi connectivity index (χ3n) is 7.11. The van der Waals surface area contributed by atoms with E-state index in [2.05, 4.69) is 27.7 Å². The molecule has 4 aromatic rings. The van der Waals surface area contributed by atoms with Gasteiger partial charge in [-0.2, -0.15) is 0 Å². The molecule has 0 N–H and O–H groups in total. The molecule has 0 atom stereocenters. The third kappa shape index (κ3) is 8.71. The predicted molar refractivity (Wildman–Crippen MR) is 174 cm³/mol. The Morgan fingerprint density at radius 2 is 0.767 bits per heavy atom. The maximum Gasteiger partial charge on any atom is 0.418 e. The van der Waals surface area contributed by atoms with Gasteiger partial charge in [-0.05, 0) is 73.2 Å². The highest BCUT2D eigenvalue weighted by Gasteiger charge is 2.37. The molecule has 0 aliphatic heterocycles. The summed E-state index contributed by atoms with van der Waals surface area (Å²) in [6.45, 7) is 8.78. The summed E-state index contributed by atoms with van der Waals surface area (Å²) in [5.74, 6) is 0.574. The van der Waals surface area contributed by atoms with E-state index in [1.165, 1.54) is 0 Å². The second kappa shape index (κ2) is 15.1.